The van der Waals surface area contributed by atoms with Crippen molar-refractivity contribution >= 4 is 22.4 Å². The molecule has 160 valence electrons. The molecule has 30 heavy (non-hydrogen) atoms. The number of nitrogens with zero attached hydrogens (tertiary/aromatic N) is 3. The molecule has 1 heterocycles. The van der Waals surface area contributed by atoms with Crippen molar-refractivity contribution < 1.29 is 9.47 Å². The minimum Gasteiger partial charge on any atom is -0.493 e. The van der Waals surface area contributed by atoms with E-state index in [-0.39, 0.29) is 0 Å². The smallest absolute Gasteiger partial charge is 0.163 e. The summed E-state index contributed by atoms with van der Waals surface area (Å²) in [5.74, 6) is 3.25. The van der Waals surface area contributed by atoms with Crippen LogP contribution in [0, 0.1) is 6.92 Å². The maximum atomic E-state index is 6.05. The highest BCUT2D eigenvalue weighted by Gasteiger charge is 2.17. The molecule has 0 radical (unpaired) electrons. The zero-order valence-corrected chi connectivity index (χ0v) is 18.6. The molecule has 0 saturated carbocycles. The SMILES string of the molecule is CCCCCN(c1ccc(OC)c(OCCCC)c1)c1nc(C)nc2ccccc12. The lowest BCUT2D eigenvalue weighted by molar-refractivity contribution is 0.288. The lowest BCUT2D eigenvalue weighted by Crippen LogP contribution is -2.21. The fourth-order valence-corrected chi connectivity index (χ4v) is 3.53. The van der Waals surface area contributed by atoms with E-state index < -0.39 is 0 Å². The van der Waals surface area contributed by atoms with Gasteiger partial charge in [-0.1, -0.05) is 45.2 Å². The van der Waals surface area contributed by atoms with Crippen molar-refractivity contribution in [3.8, 4) is 11.5 Å². The number of anilines is 2. The molecule has 1 aromatic heterocycles. The van der Waals surface area contributed by atoms with Crippen molar-refractivity contribution in [2.75, 3.05) is 25.2 Å². The third kappa shape index (κ3) is 5.21. The molecule has 0 unspecified atom stereocenters. The first kappa shape index (κ1) is 21.9. The second-order valence-electron chi connectivity index (χ2n) is 7.51. The molecule has 0 saturated heterocycles. The molecule has 0 aliphatic rings. The minimum atomic E-state index is 0.682. The molecule has 0 fully saturated rings. The molecule has 5 nitrogen and oxygen atoms in total. The molecule has 3 rings (SSSR count). The molecule has 5 heteroatoms. The van der Waals surface area contributed by atoms with E-state index >= 15 is 0 Å². The number of fused-ring (bicyclic) bond motifs is 1. The predicted octanol–water partition coefficient (Wildman–Crippen LogP) is 6.45. The van der Waals surface area contributed by atoms with Gasteiger partial charge in [0.15, 0.2) is 11.5 Å². The molecule has 0 aliphatic carbocycles. The Hall–Kier alpha value is -2.82. The number of aryl methyl sites for hydroxylation is 1. The molecule has 0 bridgehead atoms. The summed E-state index contributed by atoms with van der Waals surface area (Å²) >= 11 is 0. The molecule has 0 N–H and O–H groups in total. The van der Waals surface area contributed by atoms with Crippen molar-refractivity contribution in [2.45, 2.75) is 52.9 Å². The zero-order chi connectivity index (χ0) is 21.3. The minimum absolute atomic E-state index is 0.682. The number of methoxy groups -OCH3 is 1. The van der Waals surface area contributed by atoms with Crippen molar-refractivity contribution in [2.24, 2.45) is 0 Å². The normalized spacial score (nSPS) is 10.9. The number of unbranched alkanes of at least 4 members (excludes halogenated alkanes) is 3. The van der Waals surface area contributed by atoms with Gasteiger partial charge in [0.2, 0.25) is 0 Å². The first-order valence-corrected chi connectivity index (χ1v) is 11.0. The number of aromatic nitrogens is 2. The maximum Gasteiger partial charge on any atom is 0.163 e. The number of benzene rings is 2. The van der Waals surface area contributed by atoms with E-state index in [1.807, 2.05) is 31.2 Å². The number of para-hydroxylation sites is 1. The Bertz CT molecular complexity index is 958. The number of hydrogen-bond donors (Lipinski definition) is 0. The Morgan fingerprint density at radius 3 is 2.47 bits per heavy atom. The van der Waals surface area contributed by atoms with Crippen LogP contribution in [0.1, 0.15) is 51.8 Å². The van der Waals surface area contributed by atoms with Gasteiger partial charge in [0.25, 0.3) is 0 Å². The fourth-order valence-electron chi connectivity index (χ4n) is 3.53. The van der Waals surface area contributed by atoms with Crippen molar-refractivity contribution in [1.29, 1.82) is 0 Å². The van der Waals surface area contributed by atoms with Crippen LogP contribution in [0.15, 0.2) is 42.5 Å². The second-order valence-corrected chi connectivity index (χ2v) is 7.51. The van der Waals surface area contributed by atoms with Crippen LogP contribution >= 0.6 is 0 Å². The van der Waals surface area contributed by atoms with Crippen LogP contribution in [-0.4, -0.2) is 30.2 Å². The summed E-state index contributed by atoms with van der Waals surface area (Å²) in [4.78, 5) is 11.8. The summed E-state index contributed by atoms with van der Waals surface area (Å²) in [5.41, 5.74) is 2.02. The Balaban J connectivity index is 2.05. The molecule has 0 aliphatic heterocycles. The third-order valence-corrected chi connectivity index (χ3v) is 5.15. The Morgan fingerprint density at radius 1 is 0.900 bits per heavy atom. The average molecular weight is 408 g/mol. The van der Waals surface area contributed by atoms with Crippen LogP contribution in [-0.2, 0) is 0 Å². The van der Waals surface area contributed by atoms with Crippen LogP contribution in [0.3, 0.4) is 0 Å². The van der Waals surface area contributed by atoms with Gasteiger partial charge in [-0.3, -0.25) is 0 Å². The van der Waals surface area contributed by atoms with Gasteiger partial charge in [-0.05, 0) is 44.0 Å². The Kier molecular flexibility index (Phi) is 7.89. The van der Waals surface area contributed by atoms with Crippen LogP contribution in [0.4, 0.5) is 11.5 Å². The largest absolute Gasteiger partial charge is 0.493 e. The lowest BCUT2D eigenvalue weighted by Gasteiger charge is -2.26. The Morgan fingerprint density at radius 2 is 1.70 bits per heavy atom. The predicted molar refractivity (Wildman–Crippen MR) is 124 cm³/mol. The average Bonchev–Trinajstić information content (AvgIpc) is 2.76. The van der Waals surface area contributed by atoms with E-state index in [0.717, 1.165) is 65.5 Å². The van der Waals surface area contributed by atoms with Gasteiger partial charge in [-0.2, -0.15) is 0 Å². The summed E-state index contributed by atoms with van der Waals surface area (Å²) < 4.78 is 11.6. The molecule has 0 spiro atoms. The van der Waals surface area contributed by atoms with Gasteiger partial charge < -0.3 is 14.4 Å². The topological polar surface area (TPSA) is 47.5 Å². The van der Waals surface area contributed by atoms with Crippen molar-refractivity contribution in [3.05, 3.63) is 48.3 Å². The van der Waals surface area contributed by atoms with E-state index in [4.69, 9.17) is 14.5 Å². The fraction of sp³-hybridized carbons (Fsp3) is 0.440. The van der Waals surface area contributed by atoms with Gasteiger partial charge in [0.1, 0.15) is 11.6 Å². The highest BCUT2D eigenvalue weighted by atomic mass is 16.5. The van der Waals surface area contributed by atoms with Gasteiger partial charge in [0, 0.05) is 23.7 Å². The van der Waals surface area contributed by atoms with Gasteiger partial charge in [0.05, 0.1) is 19.2 Å². The standard InChI is InChI=1S/C25H33N3O2/c1-5-7-11-16-28(25-21-12-9-10-13-22(21)26-19(3)27-25)20-14-15-23(29-4)24(18-20)30-17-8-6-2/h9-10,12-15,18H,5-8,11,16-17H2,1-4H3. The van der Waals surface area contributed by atoms with Crippen LogP contribution in [0.5, 0.6) is 11.5 Å². The van der Waals surface area contributed by atoms with Crippen molar-refractivity contribution in [3.63, 3.8) is 0 Å². The van der Waals surface area contributed by atoms with Crippen LogP contribution < -0.4 is 14.4 Å². The molecule has 3 aromatic rings. The first-order valence-electron chi connectivity index (χ1n) is 11.0. The van der Waals surface area contributed by atoms with Crippen LogP contribution in [0.25, 0.3) is 10.9 Å². The number of ether oxygens (including phenoxy) is 2. The summed E-state index contributed by atoms with van der Waals surface area (Å²) in [7, 11) is 1.68. The maximum absolute atomic E-state index is 6.05. The van der Waals surface area contributed by atoms with Gasteiger partial charge in [-0.15, -0.1) is 0 Å². The molecular weight excluding hydrogens is 374 g/mol. The third-order valence-electron chi connectivity index (χ3n) is 5.15. The summed E-state index contributed by atoms with van der Waals surface area (Å²) in [6.07, 6.45) is 5.55. The van der Waals surface area contributed by atoms with Crippen LogP contribution in [0.2, 0.25) is 0 Å². The quantitative estimate of drug-likeness (QED) is 0.342. The number of rotatable bonds is 11. The van der Waals surface area contributed by atoms with E-state index in [9.17, 15) is 0 Å². The highest BCUT2D eigenvalue weighted by Crippen LogP contribution is 2.36. The molecule has 0 atom stereocenters. The monoisotopic (exact) mass is 407 g/mol. The van der Waals surface area contributed by atoms with Crippen molar-refractivity contribution in [1.82, 2.24) is 9.97 Å². The molecule has 2 aromatic carbocycles. The molecule has 0 amide bonds. The second kappa shape index (κ2) is 10.8. The first-order chi connectivity index (χ1) is 14.7. The molecular formula is C25H33N3O2. The summed E-state index contributed by atoms with van der Waals surface area (Å²) in [6.45, 7) is 7.90. The lowest BCUT2D eigenvalue weighted by atomic mass is 10.1. The zero-order valence-electron chi connectivity index (χ0n) is 18.6. The summed E-state index contributed by atoms with van der Waals surface area (Å²) in [5, 5.41) is 1.06. The summed E-state index contributed by atoms with van der Waals surface area (Å²) in [6, 6.07) is 14.4. The van der Waals surface area contributed by atoms with E-state index in [1.54, 1.807) is 7.11 Å². The van der Waals surface area contributed by atoms with E-state index in [1.165, 1.54) is 12.8 Å². The van der Waals surface area contributed by atoms with Gasteiger partial charge in [-0.25, -0.2) is 9.97 Å². The highest BCUT2D eigenvalue weighted by molar-refractivity contribution is 5.91. The van der Waals surface area contributed by atoms with Gasteiger partial charge >= 0.3 is 0 Å². The van der Waals surface area contributed by atoms with E-state index in [2.05, 4.69) is 41.9 Å². The number of hydrogen-bond acceptors (Lipinski definition) is 5. The Labute approximate surface area is 180 Å². The van der Waals surface area contributed by atoms with E-state index in [0.29, 0.717) is 6.61 Å².